The van der Waals surface area contributed by atoms with E-state index in [0.29, 0.717) is 0 Å². The second kappa shape index (κ2) is 7.12. The SMILES string of the molecule is CC(CNS(=O)(=O)c1cc(C(=O)O)cs1)N(C)c1ccccc1. The zero-order valence-electron chi connectivity index (χ0n) is 12.8. The van der Waals surface area contributed by atoms with Crippen molar-refractivity contribution in [2.24, 2.45) is 0 Å². The molecule has 0 aliphatic rings. The van der Waals surface area contributed by atoms with Crippen LogP contribution in [0, 0.1) is 0 Å². The molecule has 2 N–H and O–H groups in total. The van der Waals surface area contributed by atoms with Gasteiger partial charge >= 0.3 is 5.97 Å². The average Bonchev–Trinajstić information content (AvgIpc) is 3.04. The summed E-state index contributed by atoms with van der Waals surface area (Å²) < 4.78 is 27.0. The van der Waals surface area contributed by atoms with Gasteiger partial charge in [-0.25, -0.2) is 17.9 Å². The molecule has 124 valence electrons. The Morgan fingerprint density at radius 2 is 2.00 bits per heavy atom. The smallest absolute Gasteiger partial charge is 0.336 e. The summed E-state index contributed by atoms with van der Waals surface area (Å²) >= 11 is 0.896. The Labute approximate surface area is 139 Å². The van der Waals surface area contributed by atoms with Gasteiger partial charge in [0.15, 0.2) is 0 Å². The lowest BCUT2D eigenvalue weighted by Crippen LogP contribution is -2.40. The van der Waals surface area contributed by atoms with Crippen LogP contribution < -0.4 is 9.62 Å². The van der Waals surface area contributed by atoms with Crippen LogP contribution in [0.4, 0.5) is 5.69 Å². The molecule has 0 bridgehead atoms. The van der Waals surface area contributed by atoms with Crippen molar-refractivity contribution in [1.82, 2.24) is 4.72 Å². The molecule has 0 saturated heterocycles. The summed E-state index contributed by atoms with van der Waals surface area (Å²) in [5.74, 6) is -1.14. The van der Waals surface area contributed by atoms with Crippen molar-refractivity contribution in [2.45, 2.75) is 17.2 Å². The van der Waals surface area contributed by atoms with Gasteiger partial charge < -0.3 is 10.0 Å². The molecule has 8 heteroatoms. The van der Waals surface area contributed by atoms with Crippen molar-refractivity contribution in [2.75, 3.05) is 18.5 Å². The summed E-state index contributed by atoms with van der Waals surface area (Å²) in [7, 11) is -1.81. The molecule has 0 aliphatic heterocycles. The number of aromatic carboxylic acids is 1. The molecular weight excluding hydrogens is 336 g/mol. The Hall–Kier alpha value is -1.90. The lowest BCUT2D eigenvalue weighted by Gasteiger charge is -2.27. The summed E-state index contributed by atoms with van der Waals surface area (Å²) in [4.78, 5) is 12.8. The number of para-hydroxylation sites is 1. The first-order valence-corrected chi connectivity index (χ1v) is 9.27. The van der Waals surface area contributed by atoms with E-state index in [1.54, 1.807) is 0 Å². The van der Waals surface area contributed by atoms with Crippen molar-refractivity contribution in [3.8, 4) is 0 Å². The Balaban J connectivity index is 2.02. The molecule has 1 aromatic carbocycles. The van der Waals surface area contributed by atoms with E-state index >= 15 is 0 Å². The lowest BCUT2D eigenvalue weighted by molar-refractivity contribution is 0.0697. The predicted molar refractivity (Wildman–Crippen MR) is 90.8 cm³/mol. The highest BCUT2D eigenvalue weighted by Gasteiger charge is 2.20. The van der Waals surface area contributed by atoms with E-state index in [1.807, 2.05) is 49.2 Å². The van der Waals surface area contributed by atoms with Crippen molar-refractivity contribution < 1.29 is 18.3 Å². The number of hydrogen-bond acceptors (Lipinski definition) is 5. The quantitative estimate of drug-likeness (QED) is 0.796. The molecule has 0 spiro atoms. The van der Waals surface area contributed by atoms with Gasteiger partial charge in [0, 0.05) is 30.7 Å². The molecule has 0 aliphatic carbocycles. The highest BCUT2D eigenvalue weighted by Crippen LogP contribution is 2.20. The van der Waals surface area contributed by atoms with Crippen molar-refractivity contribution in [1.29, 1.82) is 0 Å². The van der Waals surface area contributed by atoms with E-state index in [1.165, 1.54) is 11.4 Å². The molecule has 0 radical (unpaired) electrons. The number of carboxylic acid groups (broad SMARTS) is 1. The van der Waals surface area contributed by atoms with E-state index in [-0.39, 0.29) is 22.4 Å². The van der Waals surface area contributed by atoms with E-state index in [9.17, 15) is 13.2 Å². The molecule has 1 unspecified atom stereocenters. The van der Waals surface area contributed by atoms with Gasteiger partial charge in [0.2, 0.25) is 10.0 Å². The average molecular weight is 354 g/mol. The number of anilines is 1. The monoisotopic (exact) mass is 354 g/mol. The highest BCUT2D eigenvalue weighted by molar-refractivity contribution is 7.91. The number of carboxylic acids is 1. The fourth-order valence-electron chi connectivity index (χ4n) is 1.93. The maximum absolute atomic E-state index is 12.2. The van der Waals surface area contributed by atoms with E-state index in [0.717, 1.165) is 17.0 Å². The Kier molecular flexibility index (Phi) is 5.40. The van der Waals surface area contributed by atoms with Crippen LogP contribution >= 0.6 is 11.3 Å². The predicted octanol–water partition coefficient (Wildman–Crippen LogP) is 2.25. The maximum atomic E-state index is 12.2. The van der Waals surface area contributed by atoms with Gasteiger partial charge in [0.1, 0.15) is 4.21 Å². The molecule has 2 aromatic rings. The molecule has 0 amide bonds. The minimum atomic E-state index is -3.71. The Morgan fingerprint density at radius 3 is 2.57 bits per heavy atom. The molecule has 1 atom stereocenters. The van der Waals surface area contributed by atoms with Gasteiger partial charge in [-0.05, 0) is 25.1 Å². The first-order chi connectivity index (χ1) is 10.8. The third kappa shape index (κ3) is 4.31. The molecule has 0 fully saturated rings. The van der Waals surface area contributed by atoms with Gasteiger partial charge in [0.05, 0.1) is 5.56 Å². The second-order valence-corrected chi connectivity index (χ2v) is 8.01. The van der Waals surface area contributed by atoms with Crippen LogP contribution in [-0.4, -0.2) is 39.1 Å². The van der Waals surface area contributed by atoms with E-state index in [2.05, 4.69) is 4.72 Å². The zero-order chi connectivity index (χ0) is 17.0. The molecule has 23 heavy (non-hydrogen) atoms. The molecular formula is C15H18N2O4S2. The number of thiophene rings is 1. The second-order valence-electron chi connectivity index (χ2n) is 5.11. The zero-order valence-corrected chi connectivity index (χ0v) is 14.4. The van der Waals surface area contributed by atoms with Crippen LogP contribution in [0.3, 0.4) is 0 Å². The third-order valence-electron chi connectivity index (χ3n) is 3.48. The van der Waals surface area contributed by atoms with E-state index in [4.69, 9.17) is 5.11 Å². The van der Waals surface area contributed by atoms with Crippen LogP contribution in [0.5, 0.6) is 0 Å². The molecule has 2 rings (SSSR count). The summed E-state index contributed by atoms with van der Waals surface area (Å²) in [5, 5.41) is 10.2. The van der Waals surface area contributed by atoms with Crippen LogP contribution in [0.25, 0.3) is 0 Å². The fraction of sp³-hybridized carbons (Fsp3) is 0.267. The summed E-state index contributed by atoms with van der Waals surface area (Å²) in [6.45, 7) is 2.13. The van der Waals surface area contributed by atoms with Gasteiger partial charge in [-0.15, -0.1) is 11.3 Å². The van der Waals surface area contributed by atoms with Crippen molar-refractivity contribution in [3.05, 3.63) is 47.3 Å². The van der Waals surface area contributed by atoms with Gasteiger partial charge in [-0.3, -0.25) is 0 Å². The lowest BCUT2D eigenvalue weighted by atomic mass is 10.2. The first kappa shape index (κ1) is 17.5. The minimum Gasteiger partial charge on any atom is -0.478 e. The van der Waals surface area contributed by atoms with Crippen LogP contribution in [0.15, 0.2) is 46.0 Å². The molecule has 1 heterocycles. The maximum Gasteiger partial charge on any atom is 0.336 e. The summed E-state index contributed by atoms with van der Waals surface area (Å²) in [6, 6.07) is 10.8. The van der Waals surface area contributed by atoms with E-state index < -0.39 is 16.0 Å². The number of carbonyl (C=O) groups is 1. The van der Waals surface area contributed by atoms with Gasteiger partial charge in [-0.1, -0.05) is 18.2 Å². The minimum absolute atomic E-state index is 0.00413. The molecule has 1 aromatic heterocycles. The van der Waals surface area contributed by atoms with Crippen LogP contribution in [-0.2, 0) is 10.0 Å². The number of likely N-dealkylation sites (N-methyl/N-ethyl adjacent to an activating group) is 1. The van der Waals surface area contributed by atoms with Gasteiger partial charge in [-0.2, -0.15) is 0 Å². The van der Waals surface area contributed by atoms with Crippen molar-refractivity contribution >= 4 is 33.0 Å². The standard InChI is InChI=1S/C15H18N2O4S2/c1-11(17(2)13-6-4-3-5-7-13)9-16-23(20,21)14-8-12(10-22-14)15(18)19/h3-8,10-11,16H,9H2,1-2H3,(H,18,19). The topological polar surface area (TPSA) is 86.7 Å². The number of rotatable bonds is 7. The number of benzene rings is 1. The fourth-order valence-corrected chi connectivity index (χ4v) is 4.25. The molecule has 6 nitrogen and oxygen atoms in total. The third-order valence-corrected chi connectivity index (χ3v) is 6.34. The number of hydrogen-bond donors (Lipinski definition) is 2. The van der Waals surface area contributed by atoms with Crippen molar-refractivity contribution in [3.63, 3.8) is 0 Å². The first-order valence-electron chi connectivity index (χ1n) is 6.90. The van der Waals surface area contributed by atoms with Crippen LogP contribution in [0.1, 0.15) is 17.3 Å². The van der Waals surface area contributed by atoms with Gasteiger partial charge in [0.25, 0.3) is 0 Å². The van der Waals surface area contributed by atoms with Crippen LogP contribution in [0.2, 0.25) is 0 Å². The molecule has 0 saturated carbocycles. The largest absolute Gasteiger partial charge is 0.478 e. The normalized spacial score (nSPS) is 12.8. The Bertz CT molecular complexity index is 772. The number of sulfonamides is 1. The summed E-state index contributed by atoms with van der Waals surface area (Å²) in [6.07, 6.45) is 0. The number of nitrogens with zero attached hydrogens (tertiary/aromatic N) is 1. The Morgan fingerprint density at radius 1 is 1.35 bits per heavy atom. The number of nitrogens with one attached hydrogen (secondary N) is 1. The highest BCUT2D eigenvalue weighted by atomic mass is 32.2. The summed E-state index contributed by atoms with van der Waals surface area (Å²) in [5.41, 5.74) is 0.966.